The van der Waals surface area contributed by atoms with Crippen molar-refractivity contribution in [2.24, 2.45) is 0 Å². The Balaban J connectivity index is 2.92. The minimum Gasteiger partial charge on any atom is -0.319 e. The maximum absolute atomic E-state index is 10.5. The molecular weight excluding hydrogens is 170 g/mol. The van der Waals surface area contributed by atoms with Crippen LogP contribution in [0.3, 0.4) is 0 Å². The van der Waals surface area contributed by atoms with Crippen LogP contribution >= 0.6 is 0 Å². The number of nitriles is 1. The minimum atomic E-state index is -0.464. The molecule has 1 N–H and O–H groups in total. The van der Waals surface area contributed by atoms with Crippen molar-refractivity contribution in [1.82, 2.24) is 5.32 Å². The highest BCUT2D eigenvalue weighted by molar-refractivity contribution is 5.39. The molecule has 13 heavy (non-hydrogen) atoms. The lowest BCUT2D eigenvalue weighted by Crippen LogP contribution is -2.06. The third kappa shape index (κ3) is 2.17. The first-order valence-corrected chi connectivity index (χ1v) is 3.60. The molecular formula is C8H7N3O2. The molecule has 1 aromatic carbocycles. The summed E-state index contributed by atoms with van der Waals surface area (Å²) < 4.78 is 0. The van der Waals surface area contributed by atoms with Crippen LogP contribution in [0.25, 0.3) is 0 Å². The molecule has 0 saturated heterocycles. The van der Waals surface area contributed by atoms with Crippen molar-refractivity contribution >= 4 is 5.69 Å². The average molecular weight is 177 g/mol. The first kappa shape index (κ1) is 9.00. The summed E-state index contributed by atoms with van der Waals surface area (Å²) in [5, 5.41) is 21.1. The van der Waals surface area contributed by atoms with Gasteiger partial charge in [-0.25, -0.2) is 0 Å². The summed E-state index contributed by atoms with van der Waals surface area (Å²) in [5.74, 6) is 0. The van der Waals surface area contributed by atoms with E-state index in [2.05, 4.69) is 5.32 Å². The Bertz CT molecular complexity index is 357. The Morgan fingerprint density at radius 1 is 1.54 bits per heavy atom. The summed E-state index contributed by atoms with van der Waals surface area (Å²) in [6, 6.07) is 6.31. The fourth-order valence-corrected chi connectivity index (χ4v) is 0.973. The van der Waals surface area contributed by atoms with Gasteiger partial charge in [0.1, 0.15) is 0 Å². The number of para-hydroxylation sites is 1. The van der Waals surface area contributed by atoms with E-state index in [0.29, 0.717) is 5.56 Å². The summed E-state index contributed by atoms with van der Waals surface area (Å²) in [4.78, 5) is 10.0. The van der Waals surface area contributed by atoms with Gasteiger partial charge in [-0.1, -0.05) is 18.2 Å². The number of nitro benzene ring substituents is 1. The summed E-state index contributed by atoms with van der Waals surface area (Å²) in [5.41, 5.74) is 0.541. The van der Waals surface area contributed by atoms with Crippen LogP contribution < -0.4 is 5.32 Å². The van der Waals surface area contributed by atoms with Crippen LogP contribution in [-0.4, -0.2) is 4.92 Å². The van der Waals surface area contributed by atoms with E-state index in [0.717, 1.165) is 0 Å². The molecule has 5 heteroatoms. The van der Waals surface area contributed by atoms with Gasteiger partial charge in [0.2, 0.25) is 0 Å². The zero-order chi connectivity index (χ0) is 9.68. The molecule has 1 aromatic rings. The molecule has 0 aromatic heterocycles. The Labute approximate surface area is 74.8 Å². The third-order valence-electron chi connectivity index (χ3n) is 1.55. The molecule has 0 atom stereocenters. The molecule has 66 valence electrons. The van der Waals surface area contributed by atoms with Crippen molar-refractivity contribution in [3.63, 3.8) is 0 Å². The third-order valence-corrected chi connectivity index (χ3v) is 1.55. The SMILES string of the molecule is N#CNCc1ccccc1[N+](=O)[O-]. The van der Waals surface area contributed by atoms with Crippen molar-refractivity contribution in [1.29, 1.82) is 5.26 Å². The number of nitrogens with one attached hydrogen (secondary N) is 1. The van der Waals surface area contributed by atoms with E-state index in [9.17, 15) is 10.1 Å². The lowest BCUT2D eigenvalue weighted by molar-refractivity contribution is -0.385. The van der Waals surface area contributed by atoms with Gasteiger partial charge >= 0.3 is 0 Å². The standard InChI is InChI=1S/C8H7N3O2/c9-6-10-5-7-3-1-2-4-8(7)11(12)13/h1-4,10H,5H2. The van der Waals surface area contributed by atoms with Gasteiger partial charge in [-0.05, 0) is 0 Å². The molecule has 1 rings (SSSR count). The van der Waals surface area contributed by atoms with Crippen LogP contribution in [0.15, 0.2) is 24.3 Å². The summed E-state index contributed by atoms with van der Waals surface area (Å²) in [6.07, 6.45) is 1.71. The van der Waals surface area contributed by atoms with Crippen molar-refractivity contribution in [2.45, 2.75) is 6.54 Å². The molecule has 0 fully saturated rings. The van der Waals surface area contributed by atoms with E-state index in [-0.39, 0.29) is 12.2 Å². The maximum Gasteiger partial charge on any atom is 0.274 e. The van der Waals surface area contributed by atoms with Crippen molar-refractivity contribution in [3.05, 3.63) is 39.9 Å². The Morgan fingerprint density at radius 2 is 2.23 bits per heavy atom. The summed E-state index contributed by atoms with van der Waals surface area (Å²) in [6.45, 7) is 0.188. The number of hydrogen-bond acceptors (Lipinski definition) is 4. The highest BCUT2D eigenvalue weighted by atomic mass is 16.6. The number of rotatable bonds is 3. The van der Waals surface area contributed by atoms with Gasteiger partial charge in [0.05, 0.1) is 11.5 Å². The van der Waals surface area contributed by atoms with Crippen molar-refractivity contribution in [2.75, 3.05) is 0 Å². The summed E-state index contributed by atoms with van der Waals surface area (Å²) >= 11 is 0. The monoisotopic (exact) mass is 177 g/mol. The molecule has 0 aliphatic heterocycles. The molecule has 0 radical (unpaired) electrons. The molecule has 0 unspecified atom stereocenters. The number of nitro groups is 1. The highest BCUT2D eigenvalue weighted by Crippen LogP contribution is 2.16. The average Bonchev–Trinajstić information content (AvgIpc) is 2.15. The largest absolute Gasteiger partial charge is 0.319 e. The van der Waals surface area contributed by atoms with E-state index in [4.69, 9.17) is 5.26 Å². The molecule has 0 heterocycles. The van der Waals surface area contributed by atoms with Crippen LogP contribution in [0.5, 0.6) is 0 Å². The minimum absolute atomic E-state index is 0.0326. The molecule has 0 spiro atoms. The Kier molecular flexibility index (Phi) is 2.82. The topological polar surface area (TPSA) is 79.0 Å². The quantitative estimate of drug-likeness (QED) is 0.325. The molecule has 0 saturated carbocycles. The van der Waals surface area contributed by atoms with E-state index in [1.54, 1.807) is 24.4 Å². The van der Waals surface area contributed by atoms with Gasteiger partial charge in [-0.15, -0.1) is 0 Å². The van der Waals surface area contributed by atoms with E-state index >= 15 is 0 Å². The molecule has 5 nitrogen and oxygen atoms in total. The van der Waals surface area contributed by atoms with Gasteiger partial charge < -0.3 is 5.32 Å². The van der Waals surface area contributed by atoms with Crippen LogP contribution in [0, 0.1) is 21.6 Å². The van der Waals surface area contributed by atoms with Crippen LogP contribution in [0.4, 0.5) is 5.69 Å². The fraction of sp³-hybridized carbons (Fsp3) is 0.125. The Hall–Kier alpha value is -2.09. The van der Waals surface area contributed by atoms with Crippen LogP contribution in [-0.2, 0) is 6.54 Å². The summed E-state index contributed by atoms with van der Waals surface area (Å²) in [7, 11) is 0. The predicted octanol–water partition coefficient (Wildman–Crippen LogP) is 1.17. The zero-order valence-electron chi connectivity index (χ0n) is 6.73. The predicted molar refractivity (Wildman–Crippen MR) is 45.5 cm³/mol. The van der Waals surface area contributed by atoms with Crippen molar-refractivity contribution in [3.8, 4) is 6.19 Å². The van der Waals surface area contributed by atoms with E-state index in [1.165, 1.54) is 6.07 Å². The van der Waals surface area contributed by atoms with Crippen molar-refractivity contribution < 1.29 is 4.92 Å². The number of hydrogen-bond donors (Lipinski definition) is 1. The molecule has 0 aliphatic rings. The van der Waals surface area contributed by atoms with E-state index in [1.807, 2.05) is 0 Å². The van der Waals surface area contributed by atoms with Gasteiger partial charge in [0, 0.05) is 11.6 Å². The van der Waals surface area contributed by atoms with Gasteiger partial charge in [0.15, 0.2) is 6.19 Å². The molecule has 0 amide bonds. The lowest BCUT2D eigenvalue weighted by atomic mass is 10.2. The van der Waals surface area contributed by atoms with Gasteiger partial charge in [-0.2, -0.15) is 5.26 Å². The first-order chi connectivity index (χ1) is 6.25. The van der Waals surface area contributed by atoms with Crippen LogP contribution in [0.1, 0.15) is 5.56 Å². The Morgan fingerprint density at radius 3 is 2.85 bits per heavy atom. The smallest absolute Gasteiger partial charge is 0.274 e. The zero-order valence-corrected chi connectivity index (χ0v) is 6.73. The molecule has 0 bridgehead atoms. The maximum atomic E-state index is 10.5. The van der Waals surface area contributed by atoms with Gasteiger partial charge in [-0.3, -0.25) is 10.1 Å². The molecule has 0 aliphatic carbocycles. The number of nitrogens with zero attached hydrogens (tertiary/aromatic N) is 2. The first-order valence-electron chi connectivity index (χ1n) is 3.60. The normalized spacial score (nSPS) is 8.85. The second kappa shape index (κ2) is 4.07. The second-order valence-electron chi connectivity index (χ2n) is 2.35. The van der Waals surface area contributed by atoms with E-state index < -0.39 is 4.92 Å². The lowest BCUT2D eigenvalue weighted by Gasteiger charge is -1.99. The number of benzene rings is 1. The second-order valence-corrected chi connectivity index (χ2v) is 2.35. The fourth-order valence-electron chi connectivity index (χ4n) is 0.973. The van der Waals surface area contributed by atoms with Crippen LogP contribution in [0.2, 0.25) is 0 Å². The van der Waals surface area contributed by atoms with Gasteiger partial charge in [0.25, 0.3) is 5.69 Å². The highest BCUT2D eigenvalue weighted by Gasteiger charge is 2.10.